The summed E-state index contributed by atoms with van der Waals surface area (Å²) in [7, 11) is 0. The zero-order chi connectivity index (χ0) is 13.7. The van der Waals surface area contributed by atoms with Crippen LogP contribution in [0.4, 0.5) is 10.7 Å². The SMILES string of the molecule is CC(C)Cc1cc(NC(=O)Oc2ccccc2)on1. The van der Waals surface area contributed by atoms with Crippen molar-refractivity contribution in [2.24, 2.45) is 5.92 Å². The van der Waals surface area contributed by atoms with Gasteiger partial charge in [-0.25, -0.2) is 4.79 Å². The minimum atomic E-state index is -0.599. The number of carbonyl (C=O) groups is 1. The lowest BCUT2D eigenvalue weighted by Crippen LogP contribution is -2.16. The first-order valence-corrected chi connectivity index (χ1v) is 6.13. The number of nitrogens with zero attached hydrogens (tertiary/aromatic N) is 1. The highest BCUT2D eigenvalue weighted by atomic mass is 16.6. The Morgan fingerprint density at radius 3 is 2.79 bits per heavy atom. The Bertz CT molecular complexity index is 535. The van der Waals surface area contributed by atoms with Crippen LogP contribution in [0.2, 0.25) is 0 Å². The lowest BCUT2D eigenvalue weighted by molar-refractivity contribution is 0.214. The minimum absolute atomic E-state index is 0.289. The molecule has 5 nitrogen and oxygen atoms in total. The molecular weight excluding hydrogens is 244 g/mol. The number of aromatic nitrogens is 1. The van der Waals surface area contributed by atoms with Crippen LogP contribution in [0.3, 0.4) is 0 Å². The van der Waals surface area contributed by atoms with E-state index in [9.17, 15) is 4.79 Å². The van der Waals surface area contributed by atoms with Crippen LogP contribution < -0.4 is 10.1 Å². The van der Waals surface area contributed by atoms with Crippen molar-refractivity contribution in [3.8, 4) is 5.75 Å². The smallest absolute Gasteiger partial charge is 0.410 e. The first-order chi connectivity index (χ1) is 9.13. The number of para-hydroxylation sites is 1. The highest BCUT2D eigenvalue weighted by molar-refractivity contribution is 5.84. The fourth-order valence-electron chi connectivity index (χ4n) is 1.61. The zero-order valence-electron chi connectivity index (χ0n) is 10.9. The topological polar surface area (TPSA) is 64.4 Å². The standard InChI is InChI=1S/C14H16N2O3/c1-10(2)8-11-9-13(19-16-11)15-14(17)18-12-6-4-3-5-7-12/h3-7,9-10H,8H2,1-2H3,(H,15,17). The van der Waals surface area contributed by atoms with E-state index in [1.807, 2.05) is 6.07 Å². The van der Waals surface area contributed by atoms with Crippen molar-refractivity contribution < 1.29 is 14.1 Å². The fourth-order valence-corrected chi connectivity index (χ4v) is 1.61. The van der Waals surface area contributed by atoms with Gasteiger partial charge in [0.15, 0.2) is 0 Å². The zero-order valence-corrected chi connectivity index (χ0v) is 10.9. The highest BCUT2D eigenvalue weighted by Gasteiger charge is 2.10. The van der Waals surface area contributed by atoms with E-state index in [4.69, 9.17) is 9.26 Å². The van der Waals surface area contributed by atoms with Crippen molar-refractivity contribution in [3.05, 3.63) is 42.1 Å². The van der Waals surface area contributed by atoms with E-state index in [1.165, 1.54) is 0 Å². The molecule has 0 saturated carbocycles. The van der Waals surface area contributed by atoms with E-state index in [2.05, 4.69) is 24.3 Å². The summed E-state index contributed by atoms with van der Waals surface area (Å²) in [6.45, 7) is 4.18. The van der Waals surface area contributed by atoms with Gasteiger partial charge in [0.1, 0.15) is 5.75 Å². The molecule has 100 valence electrons. The van der Waals surface area contributed by atoms with Gasteiger partial charge in [0, 0.05) is 6.07 Å². The molecule has 0 saturated heterocycles. The summed E-state index contributed by atoms with van der Waals surface area (Å²) in [5, 5.41) is 6.36. The summed E-state index contributed by atoms with van der Waals surface area (Å²) < 4.78 is 10.1. The summed E-state index contributed by atoms with van der Waals surface area (Å²) in [4.78, 5) is 11.6. The quantitative estimate of drug-likeness (QED) is 0.914. The first-order valence-electron chi connectivity index (χ1n) is 6.13. The van der Waals surface area contributed by atoms with Gasteiger partial charge >= 0.3 is 6.09 Å². The molecule has 2 aromatic rings. The van der Waals surface area contributed by atoms with Gasteiger partial charge in [-0.15, -0.1) is 0 Å². The number of ether oxygens (including phenoxy) is 1. The maximum Gasteiger partial charge on any atom is 0.419 e. The molecule has 0 unspecified atom stereocenters. The Hall–Kier alpha value is -2.30. The normalized spacial score (nSPS) is 10.5. The minimum Gasteiger partial charge on any atom is -0.410 e. The molecule has 0 aliphatic heterocycles. The van der Waals surface area contributed by atoms with Gasteiger partial charge in [0.25, 0.3) is 0 Å². The molecule has 5 heteroatoms. The number of amides is 1. The lowest BCUT2D eigenvalue weighted by atomic mass is 10.1. The molecule has 0 aliphatic carbocycles. The van der Waals surface area contributed by atoms with Gasteiger partial charge in [-0.1, -0.05) is 37.2 Å². The summed E-state index contributed by atoms with van der Waals surface area (Å²) in [5.74, 6) is 1.24. The van der Waals surface area contributed by atoms with Crippen LogP contribution in [0.5, 0.6) is 5.75 Å². The molecule has 0 spiro atoms. The molecule has 2 rings (SSSR count). The van der Waals surface area contributed by atoms with Gasteiger partial charge in [-0.2, -0.15) is 0 Å². The molecule has 0 bridgehead atoms. The molecule has 1 aromatic carbocycles. The van der Waals surface area contributed by atoms with Crippen molar-refractivity contribution in [2.75, 3.05) is 5.32 Å². The summed E-state index contributed by atoms with van der Waals surface area (Å²) in [6.07, 6.45) is 0.206. The molecule has 1 heterocycles. The van der Waals surface area contributed by atoms with Crippen molar-refractivity contribution in [1.82, 2.24) is 5.16 Å². The van der Waals surface area contributed by atoms with Crippen LogP contribution in [0.25, 0.3) is 0 Å². The molecule has 1 amide bonds. The number of benzene rings is 1. The third-order valence-electron chi connectivity index (χ3n) is 2.36. The molecule has 0 aliphatic rings. The summed E-state index contributed by atoms with van der Waals surface area (Å²) >= 11 is 0. The Labute approximate surface area is 111 Å². The maximum absolute atomic E-state index is 11.6. The van der Waals surface area contributed by atoms with Crippen molar-refractivity contribution in [3.63, 3.8) is 0 Å². The van der Waals surface area contributed by atoms with Gasteiger partial charge in [-0.3, -0.25) is 5.32 Å². The number of hydrogen-bond acceptors (Lipinski definition) is 4. The van der Waals surface area contributed by atoms with Gasteiger partial charge in [-0.05, 0) is 24.5 Å². The van der Waals surface area contributed by atoms with E-state index in [-0.39, 0.29) is 5.88 Å². The molecule has 0 fully saturated rings. The Kier molecular flexibility index (Phi) is 4.18. The predicted molar refractivity (Wildman–Crippen MR) is 71.1 cm³/mol. The second-order valence-electron chi connectivity index (χ2n) is 4.61. The average Bonchev–Trinajstić information content (AvgIpc) is 2.76. The maximum atomic E-state index is 11.6. The summed E-state index contributed by atoms with van der Waals surface area (Å²) in [5.41, 5.74) is 0.810. The van der Waals surface area contributed by atoms with E-state index >= 15 is 0 Å². The number of anilines is 1. The van der Waals surface area contributed by atoms with Crippen molar-refractivity contribution >= 4 is 12.0 Å². The summed E-state index contributed by atoms with van der Waals surface area (Å²) in [6, 6.07) is 10.5. The molecule has 0 atom stereocenters. The monoisotopic (exact) mass is 260 g/mol. The van der Waals surface area contributed by atoms with Crippen LogP contribution in [0.1, 0.15) is 19.5 Å². The predicted octanol–water partition coefficient (Wildman–Crippen LogP) is 3.48. The number of carbonyl (C=O) groups excluding carboxylic acids is 1. The average molecular weight is 260 g/mol. The Balaban J connectivity index is 1.90. The number of rotatable bonds is 4. The van der Waals surface area contributed by atoms with Crippen LogP contribution in [0.15, 0.2) is 40.9 Å². The van der Waals surface area contributed by atoms with E-state index in [0.717, 1.165) is 12.1 Å². The van der Waals surface area contributed by atoms with E-state index in [1.54, 1.807) is 30.3 Å². The molecule has 19 heavy (non-hydrogen) atoms. The van der Waals surface area contributed by atoms with Gasteiger partial charge < -0.3 is 9.26 Å². The van der Waals surface area contributed by atoms with Crippen LogP contribution >= 0.6 is 0 Å². The lowest BCUT2D eigenvalue weighted by Gasteiger charge is -2.02. The third kappa shape index (κ3) is 4.13. The van der Waals surface area contributed by atoms with Crippen molar-refractivity contribution in [1.29, 1.82) is 0 Å². The molecule has 0 radical (unpaired) electrons. The first kappa shape index (κ1) is 13.1. The van der Waals surface area contributed by atoms with Crippen LogP contribution in [-0.4, -0.2) is 11.2 Å². The molecular formula is C14H16N2O3. The molecule has 1 N–H and O–H groups in total. The molecule has 1 aromatic heterocycles. The number of nitrogens with one attached hydrogen (secondary N) is 1. The largest absolute Gasteiger partial charge is 0.419 e. The van der Waals surface area contributed by atoms with Gasteiger partial charge in [0.2, 0.25) is 5.88 Å². The van der Waals surface area contributed by atoms with Gasteiger partial charge in [0.05, 0.1) is 5.69 Å². The second kappa shape index (κ2) is 6.04. The van der Waals surface area contributed by atoms with Crippen LogP contribution in [-0.2, 0) is 6.42 Å². The fraction of sp³-hybridized carbons (Fsp3) is 0.286. The van der Waals surface area contributed by atoms with E-state index < -0.39 is 6.09 Å². The van der Waals surface area contributed by atoms with E-state index in [0.29, 0.717) is 11.7 Å². The third-order valence-corrected chi connectivity index (χ3v) is 2.36. The number of hydrogen-bond donors (Lipinski definition) is 1. The Morgan fingerprint density at radius 2 is 2.11 bits per heavy atom. The Morgan fingerprint density at radius 1 is 1.37 bits per heavy atom. The second-order valence-corrected chi connectivity index (χ2v) is 4.61. The highest BCUT2D eigenvalue weighted by Crippen LogP contribution is 2.14. The van der Waals surface area contributed by atoms with Crippen LogP contribution in [0, 0.1) is 5.92 Å². The van der Waals surface area contributed by atoms with Crippen molar-refractivity contribution in [2.45, 2.75) is 20.3 Å².